The molecule has 2 rings (SSSR count). The first-order valence-corrected chi connectivity index (χ1v) is 6.02. The molecule has 2 aromatic rings. The summed E-state index contributed by atoms with van der Waals surface area (Å²) < 4.78 is 38.3. The molecule has 0 amide bonds. The number of aryl methyl sites for hydroxylation is 1. The molecule has 0 aliphatic rings. The lowest BCUT2D eigenvalue weighted by atomic mass is 10.1. The molecule has 0 aliphatic heterocycles. The van der Waals surface area contributed by atoms with Crippen LogP contribution in [0.4, 0.5) is 13.2 Å². The van der Waals surface area contributed by atoms with E-state index in [1.54, 1.807) is 6.92 Å². The second-order valence-electron chi connectivity index (χ2n) is 4.23. The van der Waals surface area contributed by atoms with Gasteiger partial charge in [0.2, 0.25) is 5.82 Å². The van der Waals surface area contributed by atoms with Crippen LogP contribution >= 0.6 is 11.6 Å². The Morgan fingerprint density at radius 2 is 1.90 bits per heavy atom. The quantitative estimate of drug-likeness (QED) is 0.914. The first-order chi connectivity index (χ1) is 9.68. The Labute approximate surface area is 122 Å². The third kappa shape index (κ3) is 3.30. The first-order valence-electron chi connectivity index (χ1n) is 5.64. The zero-order valence-electron chi connectivity index (χ0n) is 10.6. The molecule has 0 fully saturated rings. The number of carboxylic acids is 1. The summed E-state index contributed by atoms with van der Waals surface area (Å²) >= 11 is 5.85. The number of aromatic carboxylic acids is 1. The molecule has 0 unspecified atom stereocenters. The molecule has 1 heterocycles. The standard InChI is InChI=1S/C13H8ClF3N2O2/c1-6-4-7(2-3-8(6)14)9-5-10(13(15,16)17)19-11(18-9)12(20)21/h2-5H,1H3,(H,20,21). The van der Waals surface area contributed by atoms with Gasteiger partial charge >= 0.3 is 12.1 Å². The van der Waals surface area contributed by atoms with Crippen LogP contribution in [0.3, 0.4) is 0 Å². The minimum atomic E-state index is -4.76. The summed E-state index contributed by atoms with van der Waals surface area (Å²) in [6, 6.07) is 5.19. The van der Waals surface area contributed by atoms with Crippen LogP contribution in [0.15, 0.2) is 24.3 Å². The van der Waals surface area contributed by atoms with Gasteiger partial charge in [-0.25, -0.2) is 14.8 Å². The molecular weight excluding hydrogens is 309 g/mol. The van der Waals surface area contributed by atoms with Crippen molar-refractivity contribution in [2.45, 2.75) is 13.1 Å². The van der Waals surface area contributed by atoms with Crippen LogP contribution in [-0.2, 0) is 6.18 Å². The highest BCUT2D eigenvalue weighted by Crippen LogP contribution is 2.31. The Hall–Kier alpha value is -2.15. The fourth-order valence-electron chi connectivity index (χ4n) is 1.64. The number of hydrogen-bond donors (Lipinski definition) is 1. The summed E-state index contributed by atoms with van der Waals surface area (Å²) in [6.45, 7) is 1.68. The Morgan fingerprint density at radius 3 is 2.43 bits per heavy atom. The van der Waals surface area contributed by atoms with E-state index < -0.39 is 23.7 Å². The van der Waals surface area contributed by atoms with E-state index in [2.05, 4.69) is 9.97 Å². The summed E-state index contributed by atoms with van der Waals surface area (Å²) in [4.78, 5) is 17.5. The average Bonchev–Trinajstić information content (AvgIpc) is 2.40. The van der Waals surface area contributed by atoms with Gasteiger partial charge in [-0.05, 0) is 30.7 Å². The number of carbonyl (C=O) groups is 1. The Morgan fingerprint density at radius 1 is 1.24 bits per heavy atom. The van der Waals surface area contributed by atoms with Gasteiger partial charge in [0.1, 0.15) is 5.69 Å². The second-order valence-corrected chi connectivity index (χ2v) is 4.64. The van der Waals surface area contributed by atoms with Crippen molar-refractivity contribution in [2.75, 3.05) is 0 Å². The van der Waals surface area contributed by atoms with Crippen molar-refractivity contribution in [2.24, 2.45) is 0 Å². The van der Waals surface area contributed by atoms with Crippen molar-refractivity contribution in [3.63, 3.8) is 0 Å². The van der Waals surface area contributed by atoms with Crippen molar-refractivity contribution in [1.29, 1.82) is 0 Å². The largest absolute Gasteiger partial charge is 0.475 e. The van der Waals surface area contributed by atoms with E-state index in [1.807, 2.05) is 0 Å². The van der Waals surface area contributed by atoms with E-state index in [0.717, 1.165) is 0 Å². The van der Waals surface area contributed by atoms with Crippen molar-refractivity contribution in [3.8, 4) is 11.3 Å². The molecule has 1 N–H and O–H groups in total. The van der Waals surface area contributed by atoms with Gasteiger partial charge in [0.05, 0.1) is 5.69 Å². The topological polar surface area (TPSA) is 63.1 Å². The number of hydrogen-bond acceptors (Lipinski definition) is 3. The predicted octanol–water partition coefficient (Wildman–Crippen LogP) is 3.82. The van der Waals surface area contributed by atoms with Gasteiger partial charge in [0, 0.05) is 10.6 Å². The van der Waals surface area contributed by atoms with Crippen LogP contribution in [0, 0.1) is 6.92 Å². The molecule has 0 radical (unpaired) electrons. The zero-order valence-corrected chi connectivity index (χ0v) is 11.3. The summed E-state index contributed by atoms with van der Waals surface area (Å²) in [6.07, 6.45) is -4.76. The Kier molecular flexibility index (Phi) is 3.87. The van der Waals surface area contributed by atoms with E-state index in [0.29, 0.717) is 22.2 Å². The normalized spacial score (nSPS) is 11.5. The molecule has 4 nitrogen and oxygen atoms in total. The lowest BCUT2D eigenvalue weighted by Gasteiger charge is -2.09. The minimum absolute atomic E-state index is 0.130. The molecule has 0 saturated carbocycles. The Bertz CT molecular complexity index is 717. The highest BCUT2D eigenvalue weighted by atomic mass is 35.5. The van der Waals surface area contributed by atoms with Gasteiger partial charge < -0.3 is 5.11 Å². The van der Waals surface area contributed by atoms with E-state index in [9.17, 15) is 18.0 Å². The van der Waals surface area contributed by atoms with Crippen molar-refractivity contribution in [3.05, 3.63) is 46.4 Å². The van der Waals surface area contributed by atoms with Crippen LogP contribution < -0.4 is 0 Å². The predicted molar refractivity (Wildman–Crippen MR) is 69.2 cm³/mol. The second kappa shape index (κ2) is 5.33. The number of halogens is 4. The molecule has 0 aliphatic carbocycles. The molecule has 0 spiro atoms. The molecule has 0 atom stereocenters. The molecule has 0 bridgehead atoms. The number of aromatic nitrogens is 2. The van der Waals surface area contributed by atoms with Crippen molar-refractivity contribution >= 4 is 17.6 Å². The summed E-state index contributed by atoms with van der Waals surface area (Å²) in [5.41, 5.74) is -0.475. The summed E-state index contributed by atoms with van der Waals surface area (Å²) in [7, 11) is 0. The molecule has 110 valence electrons. The van der Waals surface area contributed by atoms with E-state index in [-0.39, 0.29) is 5.69 Å². The average molecular weight is 317 g/mol. The highest BCUT2D eigenvalue weighted by molar-refractivity contribution is 6.31. The molecular formula is C13H8ClF3N2O2. The van der Waals surface area contributed by atoms with Crippen LogP contribution in [0.2, 0.25) is 5.02 Å². The molecule has 21 heavy (non-hydrogen) atoms. The highest BCUT2D eigenvalue weighted by Gasteiger charge is 2.34. The number of alkyl halides is 3. The fourth-order valence-corrected chi connectivity index (χ4v) is 1.76. The maximum atomic E-state index is 12.8. The molecule has 8 heteroatoms. The third-order valence-electron chi connectivity index (χ3n) is 2.66. The van der Waals surface area contributed by atoms with E-state index in [1.165, 1.54) is 18.2 Å². The zero-order chi connectivity index (χ0) is 15.8. The van der Waals surface area contributed by atoms with Gasteiger partial charge in [-0.15, -0.1) is 0 Å². The van der Waals surface area contributed by atoms with Crippen LogP contribution in [-0.4, -0.2) is 21.0 Å². The van der Waals surface area contributed by atoms with E-state index in [4.69, 9.17) is 16.7 Å². The molecule has 1 aromatic heterocycles. The SMILES string of the molecule is Cc1cc(-c2cc(C(F)(F)F)nc(C(=O)O)n2)ccc1Cl. The minimum Gasteiger partial charge on any atom is -0.475 e. The van der Waals surface area contributed by atoms with Crippen LogP contribution in [0.1, 0.15) is 21.9 Å². The van der Waals surface area contributed by atoms with Crippen molar-refractivity contribution in [1.82, 2.24) is 9.97 Å². The molecule has 0 saturated heterocycles. The number of nitrogens with zero attached hydrogens (tertiary/aromatic N) is 2. The fraction of sp³-hybridized carbons (Fsp3) is 0.154. The maximum Gasteiger partial charge on any atom is 0.433 e. The number of carboxylic acid groups (broad SMARTS) is 1. The van der Waals surface area contributed by atoms with Gasteiger partial charge in [-0.3, -0.25) is 0 Å². The van der Waals surface area contributed by atoms with Crippen molar-refractivity contribution < 1.29 is 23.1 Å². The van der Waals surface area contributed by atoms with Gasteiger partial charge in [-0.2, -0.15) is 13.2 Å². The monoisotopic (exact) mass is 316 g/mol. The molecule has 1 aromatic carbocycles. The smallest absolute Gasteiger partial charge is 0.433 e. The lowest BCUT2D eigenvalue weighted by molar-refractivity contribution is -0.141. The van der Waals surface area contributed by atoms with Crippen LogP contribution in [0.25, 0.3) is 11.3 Å². The maximum absolute atomic E-state index is 12.8. The third-order valence-corrected chi connectivity index (χ3v) is 3.09. The first kappa shape index (κ1) is 15.2. The van der Waals surface area contributed by atoms with Crippen LogP contribution in [0.5, 0.6) is 0 Å². The van der Waals surface area contributed by atoms with Gasteiger partial charge in [0.15, 0.2) is 0 Å². The number of benzene rings is 1. The summed E-state index contributed by atoms with van der Waals surface area (Å²) in [5.74, 6) is -2.54. The lowest BCUT2D eigenvalue weighted by Crippen LogP contribution is -2.14. The Balaban J connectivity index is 2.64. The van der Waals surface area contributed by atoms with Gasteiger partial charge in [-0.1, -0.05) is 17.7 Å². The van der Waals surface area contributed by atoms with E-state index >= 15 is 0 Å². The number of rotatable bonds is 2. The van der Waals surface area contributed by atoms with Gasteiger partial charge in [0.25, 0.3) is 0 Å². The summed E-state index contributed by atoms with van der Waals surface area (Å²) in [5, 5.41) is 9.28.